The van der Waals surface area contributed by atoms with Crippen LogP contribution in [0.4, 0.5) is 0 Å². The quantitative estimate of drug-likeness (QED) is 0.360. The zero-order valence-electron chi connectivity index (χ0n) is 17.2. The van der Waals surface area contributed by atoms with Crippen LogP contribution >= 0.6 is 0 Å². The number of ether oxygens (including phenoxy) is 3. The molecule has 1 aromatic rings. The monoisotopic (exact) mass is 380 g/mol. The molecule has 0 spiro atoms. The highest BCUT2D eigenvalue weighted by Crippen LogP contribution is 2.30. The smallest absolute Gasteiger partial charge is 0.241 e. The minimum Gasteiger partial charge on any atom is -0.493 e. The van der Waals surface area contributed by atoms with Gasteiger partial charge in [-0.25, -0.2) is 4.99 Å². The van der Waals surface area contributed by atoms with Crippen molar-refractivity contribution in [3.8, 4) is 11.5 Å². The lowest BCUT2D eigenvalue weighted by molar-refractivity contribution is -0.119. The fourth-order valence-electron chi connectivity index (χ4n) is 2.49. The van der Waals surface area contributed by atoms with Gasteiger partial charge in [0, 0.05) is 33.8 Å². The average Bonchev–Trinajstić information content (AvgIpc) is 2.66. The molecule has 1 rings (SSSR count). The highest BCUT2D eigenvalue weighted by molar-refractivity contribution is 5.84. The van der Waals surface area contributed by atoms with Crippen molar-refractivity contribution in [1.82, 2.24) is 15.5 Å². The SMILES string of the molecule is CCNC(=NCC(=O)NCCOC)N(C)Cc1cc(OC)c(OC)cc1C. The van der Waals surface area contributed by atoms with Crippen molar-refractivity contribution >= 4 is 11.9 Å². The summed E-state index contributed by atoms with van der Waals surface area (Å²) in [6.07, 6.45) is 0. The van der Waals surface area contributed by atoms with Crippen LogP contribution in [0.1, 0.15) is 18.1 Å². The summed E-state index contributed by atoms with van der Waals surface area (Å²) >= 11 is 0. The Labute approximate surface area is 161 Å². The molecule has 0 saturated carbocycles. The highest BCUT2D eigenvalue weighted by Gasteiger charge is 2.13. The molecule has 0 atom stereocenters. The number of benzene rings is 1. The largest absolute Gasteiger partial charge is 0.493 e. The lowest BCUT2D eigenvalue weighted by atomic mass is 10.1. The minimum atomic E-state index is -0.141. The van der Waals surface area contributed by atoms with Gasteiger partial charge in [0.2, 0.25) is 5.91 Å². The van der Waals surface area contributed by atoms with E-state index < -0.39 is 0 Å². The van der Waals surface area contributed by atoms with Crippen molar-refractivity contribution < 1.29 is 19.0 Å². The van der Waals surface area contributed by atoms with Crippen LogP contribution in [0.5, 0.6) is 11.5 Å². The maximum atomic E-state index is 11.9. The van der Waals surface area contributed by atoms with Gasteiger partial charge in [-0.15, -0.1) is 0 Å². The lowest BCUT2D eigenvalue weighted by Crippen LogP contribution is -2.39. The molecule has 0 unspecified atom stereocenters. The molecule has 8 heteroatoms. The first-order valence-corrected chi connectivity index (χ1v) is 8.93. The molecule has 0 aromatic heterocycles. The number of nitrogens with zero attached hydrogens (tertiary/aromatic N) is 2. The standard InChI is InChI=1S/C19H32N4O4/c1-7-20-19(22-12-18(24)21-8-9-25-4)23(3)13-15-11-17(27-6)16(26-5)10-14(15)2/h10-11H,7-9,12-13H2,1-6H3,(H,20,22)(H,21,24). The number of rotatable bonds is 10. The van der Waals surface area contributed by atoms with E-state index in [-0.39, 0.29) is 12.5 Å². The van der Waals surface area contributed by atoms with Crippen LogP contribution in [0.25, 0.3) is 0 Å². The van der Waals surface area contributed by atoms with Gasteiger partial charge in [-0.05, 0) is 37.1 Å². The second kappa shape index (κ2) is 12.0. The molecule has 1 aromatic carbocycles. The van der Waals surface area contributed by atoms with E-state index in [9.17, 15) is 4.79 Å². The highest BCUT2D eigenvalue weighted by atomic mass is 16.5. The van der Waals surface area contributed by atoms with Gasteiger partial charge in [-0.3, -0.25) is 4.79 Å². The summed E-state index contributed by atoms with van der Waals surface area (Å²) < 4.78 is 15.7. The van der Waals surface area contributed by atoms with Crippen LogP contribution in [0, 0.1) is 6.92 Å². The van der Waals surface area contributed by atoms with Crippen molar-refractivity contribution in [1.29, 1.82) is 0 Å². The van der Waals surface area contributed by atoms with Gasteiger partial charge >= 0.3 is 0 Å². The fraction of sp³-hybridized carbons (Fsp3) is 0.579. The van der Waals surface area contributed by atoms with E-state index >= 15 is 0 Å². The van der Waals surface area contributed by atoms with E-state index in [2.05, 4.69) is 15.6 Å². The number of carbonyl (C=O) groups is 1. The molecule has 0 heterocycles. The Morgan fingerprint density at radius 2 is 1.81 bits per heavy atom. The van der Waals surface area contributed by atoms with E-state index in [0.29, 0.717) is 43.7 Å². The first-order chi connectivity index (χ1) is 13.0. The molecule has 2 N–H and O–H groups in total. The summed E-state index contributed by atoms with van der Waals surface area (Å²) in [6, 6.07) is 3.92. The van der Waals surface area contributed by atoms with Gasteiger partial charge in [0.05, 0.1) is 20.8 Å². The number of nitrogens with one attached hydrogen (secondary N) is 2. The van der Waals surface area contributed by atoms with Gasteiger partial charge in [0.1, 0.15) is 6.54 Å². The summed E-state index contributed by atoms with van der Waals surface area (Å²) in [4.78, 5) is 18.3. The second-order valence-electron chi connectivity index (χ2n) is 6.00. The van der Waals surface area contributed by atoms with E-state index in [1.807, 2.05) is 37.9 Å². The minimum absolute atomic E-state index is 0.0568. The van der Waals surface area contributed by atoms with Gasteiger partial charge in [-0.2, -0.15) is 0 Å². The summed E-state index contributed by atoms with van der Waals surface area (Å²) in [6.45, 7) is 6.35. The molecule has 152 valence electrons. The molecule has 0 fully saturated rings. The number of hydrogen-bond donors (Lipinski definition) is 2. The summed E-state index contributed by atoms with van der Waals surface area (Å²) in [5.41, 5.74) is 2.18. The van der Waals surface area contributed by atoms with Gasteiger partial charge < -0.3 is 29.7 Å². The molecular weight excluding hydrogens is 348 g/mol. The van der Waals surface area contributed by atoms with Gasteiger partial charge in [0.15, 0.2) is 17.5 Å². The number of carbonyl (C=O) groups excluding carboxylic acids is 1. The van der Waals surface area contributed by atoms with Crippen molar-refractivity contribution in [2.24, 2.45) is 4.99 Å². The van der Waals surface area contributed by atoms with Crippen LogP contribution in [-0.2, 0) is 16.1 Å². The van der Waals surface area contributed by atoms with Crippen molar-refractivity contribution in [3.05, 3.63) is 23.3 Å². The van der Waals surface area contributed by atoms with Crippen LogP contribution in [0.15, 0.2) is 17.1 Å². The lowest BCUT2D eigenvalue weighted by Gasteiger charge is -2.23. The zero-order valence-corrected chi connectivity index (χ0v) is 17.2. The normalized spacial score (nSPS) is 11.1. The third-order valence-electron chi connectivity index (χ3n) is 3.95. The Bertz CT molecular complexity index is 634. The molecule has 0 saturated heterocycles. The number of aryl methyl sites for hydroxylation is 1. The van der Waals surface area contributed by atoms with E-state index in [4.69, 9.17) is 14.2 Å². The summed E-state index contributed by atoms with van der Waals surface area (Å²) in [5.74, 6) is 1.91. The van der Waals surface area contributed by atoms with Gasteiger partial charge in [-0.1, -0.05) is 0 Å². The molecule has 0 aliphatic rings. The van der Waals surface area contributed by atoms with Crippen LogP contribution in [-0.4, -0.2) is 71.4 Å². The van der Waals surface area contributed by atoms with E-state index in [1.54, 1.807) is 21.3 Å². The van der Waals surface area contributed by atoms with E-state index in [0.717, 1.165) is 11.1 Å². The first kappa shape index (κ1) is 22.6. The Kier molecular flexibility index (Phi) is 10.0. The molecule has 8 nitrogen and oxygen atoms in total. The predicted octanol–water partition coefficient (Wildman–Crippen LogP) is 1.17. The van der Waals surface area contributed by atoms with Gasteiger partial charge in [0.25, 0.3) is 0 Å². The zero-order chi connectivity index (χ0) is 20.2. The Morgan fingerprint density at radius 3 is 2.41 bits per heavy atom. The third kappa shape index (κ3) is 7.34. The predicted molar refractivity (Wildman–Crippen MR) is 107 cm³/mol. The Balaban J connectivity index is 2.84. The number of guanidine groups is 1. The molecule has 0 aliphatic heterocycles. The summed E-state index contributed by atoms with van der Waals surface area (Å²) in [7, 11) is 6.77. The fourth-order valence-corrected chi connectivity index (χ4v) is 2.49. The number of amides is 1. The van der Waals surface area contributed by atoms with Crippen molar-refractivity contribution in [2.75, 3.05) is 54.6 Å². The van der Waals surface area contributed by atoms with Crippen LogP contribution in [0.2, 0.25) is 0 Å². The van der Waals surface area contributed by atoms with Crippen molar-refractivity contribution in [2.45, 2.75) is 20.4 Å². The van der Waals surface area contributed by atoms with E-state index in [1.165, 1.54) is 0 Å². The topological polar surface area (TPSA) is 84.4 Å². The molecule has 27 heavy (non-hydrogen) atoms. The first-order valence-electron chi connectivity index (χ1n) is 8.93. The van der Waals surface area contributed by atoms with Crippen LogP contribution < -0.4 is 20.1 Å². The maximum absolute atomic E-state index is 11.9. The number of aliphatic imine (C=N–C) groups is 1. The van der Waals surface area contributed by atoms with Crippen molar-refractivity contribution in [3.63, 3.8) is 0 Å². The molecule has 0 bridgehead atoms. The van der Waals surface area contributed by atoms with Crippen LogP contribution in [0.3, 0.4) is 0 Å². The Hall–Kier alpha value is -2.48. The molecule has 0 aliphatic carbocycles. The second-order valence-corrected chi connectivity index (χ2v) is 6.00. The molecule has 0 radical (unpaired) electrons. The number of methoxy groups -OCH3 is 3. The third-order valence-corrected chi connectivity index (χ3v) is 3.95. The average molecular weight is 380 g/mol. The molecule has 1 amide bonds. The number of hydrogen-bond acceptors (Lipinski definition) is 5. The molecular formula is C19H32N4O4. The summed E-state index contributed by atoms with van der Waals surface area (Å²) in [5, 5.41) is 5.97. The maximum Gasteiger partial charge on any atom is 0.241 e. The Morgan fingerprint density at radius 1 is 1.15 bits per heavy atom.